The average molecular weight is 209 g/mol. The highest BCUT2D eigenvalue weighted by Gasteiger charge is 2.16. The summed E-state index contributed by atoms with van der Waals surface area (Å²) in [6, 6.07) is 4.03. The van der Waals surface area contributed by atoms with Crippen LogP contribution < -0.4 is 0 Å². The molecule has 74 valence electrons. The van der Waals surface area contributed by atoms with Crippen LogP contribution in [0.4, 0.5) is 0 Å². The number of aromatic nitrogens is 2. The highest BCUT2D eigenvalue weighted by molar-refractivity contribution is 6.31. The normalized spacial score (nSPS) is 12.3. The summed E-state index contributed by atoms with van der Waals surface area (Å²) in [6.07, 6.45) is 1.66. The summed E-state index contributed by atoms with van der Waals surface area (Å²) in [6.45, 7) is 6.50. The molecule has 2 rings (SSSR count). The first-order valence-corrected chi connectivity index (χ1v) is 4.99. The first-order chi connectivity index (χ1) is 6.47. The molecular weight excluding hydrogens is 196 g/mol. The van der Waals surface area contributed by atoms with Gasteiger partial charge in [-0.3, -0.25) is 0 Å². The van der Waals surface area contributed by atoms with Gasteiger partial charge in [-0.1, -0.05) is 32.4 Å². The van der Waals surface area contributed by atoms with Crippen LogP contribution in [0.15, 0.2) is 18.3 Å². The van der Waals surface area contributed by atoms with Gasteiger partial charge in [0.05, 0.1) is 5.02 Å². The molecule has 0 spiro atoms. The fourth-order valence-corrected chi connectivity index (χ4v) is 1.56. The number of aromatic amines is 1. The molecule has 0 amide bonds. The van der Waals surface area contributed by atoms with Gasteiger partial charge in [-0.05, 0) is 12.1 Å². The summed E-state index contributed by atoms with van der Waals surface area (Å²) < 4.78 is 0. The fraction of sp³-hybridized carbons (Fsp3) is 0.364. The lowest BCUT2D eigenvalue weighted by Gasteiger charge is -2.15. The minimum absolute atomic E-state index is 0.118. The summed E-state index contributed by atoms with van der Waals surface area (Å²) in [4.78, 5) is 7.52. The number of pyridine rings is 1. The van der Waals surface area contributed by atoms with Crippen LogP contribution in [-0.4, -0.2) is 9.97 Å². The lowest BCUT2D eigenvalue weighted by molar-refractivity contribution is 0.574. The summed E-state index contributed by atoms with van der Waals surface area (Å²) in [5.74, 6) is 0. The Balaban J connectivity index is 2.63. The Morgan fingerprint density at radius 2 is 2.00 bits per heavy atom. The van der Waals surface area contributed by atoms with Crippen molar-refractivity contribution in [2.24, 2.45) is 0 Å². The van der Waals surface area contributed by atoms with Gasteiger partial charge in [0.15, 0.2) is 0 Å². The number of halogens is 1. The van der Waals surface area contributed by atoms with Crippen LogP contribution in [0.25, 0.3) is 11.0 Å². The van der Waals surface area contributed by atoms with Gasteiger partial charge in [0.25, 0.3) is 0 Å². The van der Waals surface area contributed by atoms with Gasteiger partial charge >= 0.3 is 0 Å². The van der Waals surface area contributed by atoms with Crippen molar-refractivity contribution >= 4 is 22.6 Å². The van der Waals surface area contributed by atoms with Crippen LogP contribution in [0.3, 0.4) is 0 Å². The van der Waals surface area contributed by atoms with Crippen molar-refractivity contribution in [3.63, 3.8) is 0 Å². The van der Waals surface area contributed by atoms with Crippen molar-refractivity contribution in [2.75, 3.05) is 0 Å². The second-order valence-electron chi connectivity index (χ2n) is 4.52. The first-order valence-electron chi connectivity index (χ1n) is 4.61. The second-order valence-corrected chi connectivity index (χ2v) is 4.96. The van der Waals surface area contributed by atoms with Crippen LogP contribution in [0, 0.1) is 0 Å². The van der Waals surface area contributed by atoms with E-state index in [0.29, 0.717) is 5.02 Å². The van der Waals surface area contributed by atoms with E-state index in [1.165, 1.54) is 5.69 Å². The third-order valence-corrected chi connectivity index (χ3v) is 2.45. The summed E-state index contributed by atoms with van der Waals surface area (Å²) in [7, 11) is 0. The number of rotatable bonds is 0. The van der Waals surface area contributed by atoms with E-state index in [2.05, 4.69) is 36.8 Å². The Bertz CT molecular complexity index is 466. The van der Waals surface area contributed by atoms with Gasteiger partial charge in [0.1, 0.15) is 5.65 Å². The molecule has 1 N–H and O–H groups in total. The largest absolute Gasteiger partial charge is 0.343 e. The standard InChI is InChI=1S/C11H13ClN2/c1-11(2,3)9-5-7-4-8(12)6-13-10(7)14-9/h4-6H,1-3H3,(H,13,14). The molecule has 2 aromatic rings. The summed E-state index contributed by atoms with van der Waals surface area (Å²) >= 11 is 5.87. The molecule has 0 bridgehead atoms. The lowest BCUT2D eigenvalue weighted by Crippen LogP contribution is -2.11. The Labute approximate surface area is 88.3 Å². The minimum atomic E-state index is 0.118. The van der Waals surface area contributed by atoms with Gasteiger partial charge in [0, 0.05) is 22.7 Å². The Morgan fingerprint density at radius 3 is 2.64 bits per heavy atom. The third kappa shape index (κ3) is 1.62. The van der Waals surface area contributed by atoms with Crippen molar-refractivity contribution < 1.29 is 0 Å². The molecule has 0 saturated heterocycles. The highest BCUT2D eigenvalue weighted by Crippen LogP contribution is 2.25. The van der Waals surface area contributed by atoms with Gasteiger partial charge in [-0.15, -0.1) is 0 Å². The molecule has 14 heavy (non-hydrogen) atoms. The van der Waals surface area contributed by atoms with Crippen LogP contribution >= 0.6 is 11.6 Å². The smallest absolute Gasteiger partial charge is 0.137 e. The number of hydrogen-bond acceptors (Lipinski definition) is 1. The zero-order valence-electron chi connectivity index (χ0n) is 8.56. The lowest BCUT2D eigenvalue weighted by atomic mass is 9.92. The number of hydrogen-bond donors (Lipinski definition) is 1. The molecule has 0 radical (unpaired) electrons. The molecule has 0 atom stereocenters. The van der Waals surface area contributed by atoms with Gasteiger partial charge in [-0.2, -0.15) is 0 Å². The van der Waals surface area contributed by atoms with E-state index < -0.39 is 0 Å². The van der Waals surface area contributed by atoms with Crippen molar-refractivity contribution in [3.05, 3.63) is 29.0 Å². The van der Waals surface area contributed by atoms with Crippen molar-refractivity contribution in [3.8, 4) is 0 Å². The summed E-state index contributed by atoms with van der Waals surface area (Å²) in [5.41, 5.74) is 2.20. The van der Waals surface area contributed by atoms with Gasteiger partial charge < -0.3 is 4.98 Å². The topological polar surface area (TPSA) is 28.7 Å². The Kier molecular flexibility index (Phi) is 2.04. The second kappa shape index (κ2) is 2.99. The van der Waals surface area contributed by atoms with Crippen LogP contribution in [0.2, 0.25) is 5.02 Å². The van der Waals surface area contributed by atoms with E-state index in [9.17, 15) is 0 Å². The monoisotopic (exact) mass is 208 g/mol. The molecule has 3 heteroatoms. The minimum Gasteiger partial charge on any atom is -0.343 e. The highest BCUT2D eigenvalue weighted by atomic mass is 35.5. The third-order valence-electron chi connectivity index (χ3n) is 2.24. The van der Waals surface area contributed by atoms with E-state index in [1.54, 1.807) is 6.20 Å². The number of nitrogens with one attached hydrogen (secondary N) is 1. The van der Waals surface area contributed by atoms with E-state index >= 15 is 0 Å². The summed E-state index contributed by atoms with van der Waals surface area (Å²) in [5, 5.41) is 1.75. The van der Waals surface area contributed by atoms with Crippen LogP contribution in [-0.2, 0) is 5.41 Å². The molecule has 0 unspecified atom stereocenters. The maximum Gasteiger partial charge on any atom is 0.137 e. The van der Waals surface area contributed by atoms with Crippen molar-refractivity contribution in [1.29, 1.82) is 0 Å². The van der Waals surface area contributed by atoms with Crippen molar-refractivity contribution in [2.45, 2.75) is 26.2 Å². The molecule has 0 aromatic carbocycles. The fourth-order valence-electron chi connectivity index (χ4n) is 1.39. The molecule has 0 aliphatic heterocycles. The molecule has 0 saturated carbocycles. The maximum atomic E-state index is 5.87. The first kappa shape index (κ1) is 9.53. The Hall–Kier alpha value is -1.02. The number of fused-ring (bicyclic) bond motifs is 1. The van der Waals surface area contributed by atoms with E-state index in [4.69, 9.17) is 11.6 Å². The Morgan fingerprint density at radius 1 is 1.29 bits per heavy atom. The van der Waals surface area contributed by atoms with Crippen LogP contribution in [0.5, 0.6) is 0 Å². The van der Waals surface area contributed by atoms with Crippen molar-refractivity contribution in [1.82, 2.24) is 9.97 Å². The zero-order valence-corrected chi connectivity index (χ0v) is 9.31. The van der Waals surface area contributed by atoms with E-state index in [0.717, 1.165) is 11.0 Å². The average Bonchev–Trinajstić information content (AvgIpc) is 2.45. The SMILES string of the molecule is CC(C)(C)c1cc2cc(Cl)cnc2[nH]1. The molecule has 2 heterocycles. The molecule has 2 aromatic heterocycles. The zero-order chi connectivity index (χ0) is 10.3. The maximum absolute atomic E-state index is 5.87. The predicted octanol–water partition coefficient (Wildman–Crippen LogP) is 3.51. The van der Waals surface area contributed by atoms with E-state index in [1.807, 2.05) is 6.07 Å². The molecule has 2 nitrogen and oxygen atoms in total. The molecular formula is C11H13ClN2. The van der Waals surface area contributed by atoms with Gasteiger partial charge in [-0.25, -0.2) is 4.98 Å². The predicted molar refractivity (Wildman–Crippen MR) is 59.8 cm³/mol. The number of nitrogens with zero attached hydrogens (tertiary/aromatic N) is 1. The van der Waals surface area contributed by atoms with E-state index in [-0.39, 0.29) is 5.41 Å². The van der Waals surface area contributed by atoms with Crippen LogP contribution in [0.1, 0.15) is 26.5 Å². The molecule has 0 aliphatic carbocycles. The van der Waals surface area contributed by atoms with Gasteiger partial charge in [0.2, 0.25) is 0 Å². The molecule has 0 aliphatic rings. The molecule has 0 fully saturated rings. The number of H-pyrrole nitrogens is 1. The quantitative estimate of drug-likeness (QED) is 0.705.